The van der Waals surface area contributed by atoms with Crippen molar-refractivity contribution in [3.63, 3.8) is 0 Å². The van der Waals surface area contributed by atoms with Gasteiger partial charge in [-0.15, -0.1) is 0 Å². The molecule has 0 saturated carbocycles. The summed E-state index contributed by atoms with van der Waals surface area (Å²) in [6, 6.07) is 5.84. The van der Waals surface area contributed by atoms with E-state index in [1.165, 1.54) is 0 Å². The van der Waals surface area contributed by atoms with Gasteiger partial charge in [0.15, 0.2) is 0 Å². The van der Waals surface area contributed by atoms with Gasteiger partial charge in [0.05, 0.1) is 32.3 Å². The smallest absolute Gasteiger partial charge is 0.410 e. The van der Waals surface area contributed by atoms with E-state index in [2.05, 4.69) is 16.7 Å². The van der Waals surface area contributed by atoms with Crippen LogP contribution in [0.1, 0.15) is 40.5 Å². The molecule has 1 amide bonds. The van der Waals surface area contributed by atoms with Gasteiger partial charge in [-0.05, 0) is 57.7 Å². The quantitative estimate of drug-likeness (QED) is 0.595. The number of carbonyl (C=O) groups excluding carboxylic acids is 1. The number of rotatable bonds is 7. The van der Waals surface area contributed by atoms with Crippen LogP contribution in [0.2, 0.25) is 0 Å². The van der Waals surface area contributed by atoms with E-state index in [4.69, 9.17) is 24.2 Å². The molecular formula is C27H41N5O5. The molecule has 2 atom stereocenters. The molecule has 10 nitrogen and oxygen atoms in total. The van der Waals surface area contributed by atoms with Gasteiger partial charge in [-0.1, -0.05) is 6.92 Å². The number of likely N-dealkylation sites (tertiary alicyclic amines) is 1. The monoisotopic (exact) mass is 515 g/mol. The Bertz CT molecular complexity index is 1110. The number of methoxy groups -OCH3 is 1. The predicted octanol–water partition coefficient (Wildman–Crippen LogP) is 3.31. The molecule has 0 radical (unpaired) electrons. The fourth-order valence-electron chi connectivity index (χ4n) is 5.09. The van der Waals surface area contributed by atoms with E-state index < -0.39 is 11.2 Å². The van der Waals surface area contributed by atoms with E-state index in [-0.39, 0.29) is 12.7 Å². The van der Waals surface area contributed by atoms with Crippen molar-refractivity contribution in [3.05, 3.63) is 18.2 Å². The van der Waals surface area contributed by atoms with E-state index in [0.29, 0.717) is 44.7 Å². The van der Waals surface area contributed by atoms with E-state index in [0.717, 1.165) is 41.9 Å². The standard InChI is InChI=1S/C27H41N5O5/c1-19(9-13-33)16-30(5)23-21-15-20(35-6)7-8-22(21)28-24(29-23)31-12-14-36-27(17-31)10-11-32(18-27)25(34)37-26(2,3)4/h7-8,15,19,33H,9-14,16-18H2,1-6H3. The molecular weight excluding hydrogens is 474 g/mol. The first-order valence-corrected chi connectivity index (χ1v) is 13.1. The zero-order chi connectivity index (χ0) is 26.8. The third kappa shape index (κ3) is 6.35. The maximum absolute atomic E-state index is 12.7. The van der Waals surface area contributed by atoms with Gasteiger partial charge >= 0.3 is 6.09 Å². The highest BCUT2D eigenvalue weighted by atomic mass is 16.6. The van der Waals surface area contributed by atoms with Crippen molar-refractivity contribution in [2.75, 3.05) is 69.9 Å². The molecule has 0 aliphatic carbocycles. The number of hydrogen-bond donors (Lipinski definition) is 1. The third-order valence-corrected chi connectivity index (χ3v) is 6.94. The zero-order valence-corrected chi connectivity index (χ0v) is 23.0. The number of benzene rings is 1. The Morgan fingerprint density at radius 3 is 2.76 bits per heavy atom. The molecule has 1 aromatic heterocycles. The number of aliphatic hydroxyl groups excluding tert-OH is 1. The van der Waals surface area contributed by atoms with Crippen LogP contribution in [-0.4, -0.2) is 97.4 Å². The minimum absolute atomic E-state index is 0.161. The summed E-state index contributed by atoms with van der Waals surface area (Å²) in [5.74, 6) is 2.53. The van der Waals surface area contributed by atoms with Crippen LogP contribution in [0.15, 0.2) is 18.2 Å². The summed E-state index contributed by atoms with van der Waals surface area (Å²) in [5, 5.41) is 10.3. The highest BCUT2D eigenvalue weighted by Crippen LogP contribution is 2.34. The van der Waals surface area contributed by atoms with Crippen LogP contribution < -0.4 is 14.5 Å². The largest absolute Gasteiger partial charge is 0.497 e. The number of amides is 1. The van der Waals surface area contributed by atoms with Crippen LogP contribution in [0.4, 0.5) is 16.6 Å². The molecule has 37 heavy (non-hydrogen) atoms. The van der Waals surface area contributed by atoms with Crippen molar-refractivity contribution in [1.29, 1.82) is 0 Å². The van der Waals surface area contributed by atoms with Gasteiger partial charge in [0.25, 0.3) is 0 Å². The molecule has 2 fully saturated rings. The summed E-state index contributed by atoms with van der Waals surface area (Å²) in [6.45, 7) is 11.5. The molecule has 204 valence electrons. The van der Waals surface area contributed by atoms with Gasteiger partial charge in [-0.25, -0.2) is 9.78 Å². The number of hydrogen-bond acceptors (Lipinski definition) is 9. The van der Waals surface area contributed by atoms with E-state index in [9.17, 15) is 9.90 Å². The van der Waals surface area contributed by atoms with E-state index >= 15 is 0 Å². The first-order chi connectivity index (χ1) is 17.5. The zero-order valence-electron chi connectivity index (χ0n) is 23.0. The van der Waals surface area contributed by atoms with Crippen molar-refractivity contribution >= 4 is 28.8 Å². The van der Waals surface area contributed by atoms with Crippen LogP contribution in [-0.2, 0) is 9.47 Å². The molecule has 1 aromatic carbocycles. The summed E-state index contributed by atoms with van der Waals surface area (Å²) in [5.41, 5.74) is -0.176. The average molecular weight is 516 g/mol. The van der Waals surface area contributed by atoms with Gasteiger partial charge in [0.2, 0.25) is 5.95 Å². The maximum atomic E-state index is 12.7. The van der Waals surface area contributed by atoms with Gasteiger partial charge in [0, 0.05) is 38.7 Å². The lowest BCUT2D eigenvalue weighted by Crippen LogP contribution is -2.54. The summed E-state index contributed by atoms with van der Waals surface area (Å²) in [7, 11) is 3.67. The minimum atomic E-state index is -0.537. The van der Waals surface area contributed by atoms with Gasteiger partial charge in [-0.3, -0.25) is 0 Å². The Morgan fingerprint density at radius 1 is 1.27 bits per heavy atom. The SMILES string of the molecule is COc1ccc2nc(N3CCOC4(CCN(C(=O)OC(C)(C)C)C4)C3)nc(N(C)CC(C)CCO)c2c1. The van der Waals surface area contributed by atoms with Crippen molar-refractivity contribution in [1.82, 2.24) is 14.9 Å². The fraction of sp³-hybridized carbons (Fsp3) is 0.667. The minimum Gasteiger partial charge on any atom is -0.497 e. The average Bonchev–Trinajstić information content (AvgIpc) is 3.25. The number of carbonyl (C=O) groups is 1. The van der Waals surface area contributed by atoms with E-state index in [1.807, 2.05) is 46.0 Å². The second-order valence-corrected chi connectivity index (χ2v) is 11.3. The van der Waals surface area contributed by atoms with Crippen LogP contribution in [0.3, 0.4) is 0 Å². The number of aromatic nitrogens is 2. The molecule has 2 saturated heterocycles. The number of ether oxygens (including phenoxy) is 3. The summed E-state index contributed by atoms with van der Waals surface area (Å²) >= 11 is 0. The molecule has 1 N–H and O–H groups in total. The lowest BCUT2D eigenvalue weighted by molar-refractivity contribution is -0.0492. The lowest BCUT2D eigenvalue weighted by atomic mass is 10.0. The molecule has 0 bridgehead atoms. The number of nitrogens with zero attached hydrogens (tertiary/aromatic N) is 5. The molecule has 10 heteroatoms. The number of morpholine rings is 1. The van der Waals surface area contributed by atoms with Crippen molar-refractivity contribution in [3.8, 4) is 5.75 Å². The summed E-state index contributed by atoms with van der Waals surface area (Å²) < 4.78 is 17.3. The van der Waals surface area contributed by atoms with Crippen molar-refractivity contribution < 1.29 is 24.1 Å². The molecule has 3 heterocycles. The maximum Gasteiger partial charge on any atom is 0.410 e. The number of anilines is 2. The second-order valence-electron chi connectivity index (χ2n) is 11.3. The predicted molar refractivity (Wildman–Crippen MR) is 144 cm³/mol. The first-order valence-electron chi connectivity index (χ1n) is 13.1. The van der Waals surface area contributed by atoms with E-state index in [1.54, 1.807) is 12.0 Å². The molecule has 2 aromatic rings. The van der Waals surface area contributed by atoms with Gasteiger partial charge in [-0.2, -0.15) is 4.98 Å². The molecule has 2 aliphatic heterocycles. The first kappa shape index (κ1) is 27.2. The second kappa shape index (κ2) is 10.9. The van der Waals surface area contributed by atoms with Crippen LogP contribution in [0.25, 0.3) is 10.9 Å². The number of fused-ring (bicyclic) bond motifs is 1. The topological polar surface area (TPSA) is 100 Å². The fourth-order valence-corrected chi connectivity index (χ4v) is 5.09. The highest BCUT2D eigenvalue weighted by molar-refractivity contribution is 5.91. The normalized spacial score (nSPS) is 20.9. The Hall–Kier alpha value is -2.85. The Labute approximate surface area is 219 Å². The van der Waals surface area contributed by atoms with Crippen LogP contribution in [0, 0.1) is 5.92 Å². The van der Waals surface area contributed by atoms with Crippen LogP contribution in [0.5, 0.6) is 5.75 Å². The summed E-state index contributed by atoms with van der Waals surface area (Å²) in [4.78, 5) is 28.7. The molecule has 2 aliphatic rings. The summed E-state index contributed by atoms with van der Waals surface area (Å²) in [6.07, 6.45) is 1.16. The lowest BCUT2D eigenvalue weighted by Gasteiger charge is -2.40. The van der Waals surface area contributed by atoms with Gasteiger partial charge < -0.3 is 34.0 Å². The molecule has 1 spiro atoms. The van der Waals surface area contributed by atoms with Crippen LogP contribution >= 0.6 is 0 Å². The molecule has 4 rings (SSSR count). The third-order valence-electron chi connectivity index (χ3n) is 6.94. The molecule has 2 unspecified atom stereocenters. The Morgan fingerprint density at radius 2 is 2.05 bits per heavy atom. The Kier molecular flexibility index (Phi) is 7.99. The number of aliphatic hydroxyl groups is 1. The van der Waals surface area contributed by atoms with Crippen molar-refractivity contribution in [2.45, 2.75) is 51.7 Å². The highest BCUT2D eigenvalue weighted by Gasteiger charge is 2.46. The Balaban J connectivity index is 1.60. The van der Waals surface area contributed by atoms with Gasteiger partial charge in [0.1, 0.15) is 22.8 Å². The van der Waals surface area contributed by atoms with Crippen molar-refractivity contribution in [2.24, 2.45) is 5.92 Å².